The van der Waals surface area contributed by atoms with Crippen molar-refractivity contribution in [3.8, 4) is 0 Å². The summed E-state index contributed by atoms with van der Waals surface area (Å²) in [5.74, 6) is 1.69. The lowest BCUT2D eigenvalue weighted by atomic mass is 9.80. The van der Waals surface area contributed by atoms with Gasteiger partial charge in [-0.15, -0.1) is 0 Å². The van der Waals surface area contributed by atoms with Crippen LogP contribution in [0, 0.1) is 11.8 Å². The Morgan fingerprint density at radius 3 is 2.00 bits per heavy atom. The van der Waals surface area contributed by atoms with Crippen LogP contribution >= 0.6 is 0 Å². The zero-order valence-corrected chi connectivity index (χ0v) is 10.6. The van der Waals surface area contributed by atoms with Crippen LogP contribution in [0.4, 0.5) is 0 Å². The van der Waals surface area contributed by atoms with Crippen LogP contribution in [0.2, 0.25) is 0 Å². The van der Waals surface area contributed by atoms with E-state index >= 15 is 0 Å². The van der Waals surface area contributed by atoms with Gasteiger partial charge in [-0.1, -0.05) is 50.2 Å². The van der Waals surface area contributed by atoms with E-state index < -0.39 is 0 Å². The van der Waals surface area contributed by atoms with Crippen LogP contribution in [0.5, 0.6) is 0 Å². The highest BCUT2D eigenvalue weighted by Gasteiger charge is 2.19. The Labute approximate surface area is 100 Å². The average molecular weight is 221 g/mol. The molecule has 2 N–H and O–H groups in total. The number of rotatable bonds is 3. The van der Waals surface area contributed by atoms with Gasteiger partial charge in [0, 0.05) is 6.54 Å². The van der Waals surface area contributed by atoms with Crippen molar-refractivity contribution in [3.05, 3.63) is 11.6 Å². The van der Waals surface area contributed by atoms with Crippen LogP contribution in [0.3, 0.4) is 0 Å². The van der Waals surface area contributed by atoms with Gasteiger partial charge in [0.2, 0.25) is 0 Å². The van der Waals surface area contributed by atoms with Crippen molar-refractivity contribution in [1.29, 1.82) is 0 Å². The summed E-state index contributed by atoms with van der Waals surface area (Å²) in [6.07, 6.45) is 16.8. The van der Waals surface area contributed by atoms with E-state index in [4.69, 9.17) is 5.73 Å². The lowest BCUT2D eigenvalue weighted by molar-refractivity contribution is 0.384. The standard InChI is InChI=1S/C15H27N/c16-12-15(14-9-5-2-6-10-14)11-13-7-3-1-4-8-13/h11,13-14H,1-10,12,16H2. The lowest BCUT2D eigenvalue weighted by Crippen LogP contribution is -2.18. The van der Waals surface area contributed by atoms with E-state index in [9.17, 15) is 0 Å². The van der Waals surface area contributed by atoms with Gasteiger partial charge in [0.05, 0.1) is 0 Å². The predicted molar refractivity (Wildman–Crippen MR) is 70.3 cm³/mol. The smallest absolute Gasteiger partial charge is 0.0139 e. The summed E-state index contributed by atoms with van der Waals surface area (Å²) >= 11 is 0. The summed E-state index contributed by atoms with van der Waals surface area (Å²) < 4.78 is 0. The van der Waals surface area contributed by atoms with Crippen LogP contribution in [0.25, 0.3) is 0 Å². The van der Waals surface area contributed by atoms with Crippen molar-refractivity contribution in [2.24, 2.45) is 17.6 Å². The molecule has 0 aromatic rings. The van der Waals surface area contributed by atoms with Gasteiger partial charge in [0.1, 0.15) is 0 Å². The van der Waals surface area contributed by atoms with E-state index in [0.717, 1.165) is 18.4 Å². The first kappa shape index (κ1) is 12.2. The van der Waals surface area contributed by atoms with Gasteiger partial charge < -0.3 is 5.73 Å². The maximum absolute atomic E-state index is 5.95. The number of hydrogen-bond acceptors (Lipinski definition) is 1. The van der Waals surface area contributed by atoms with Gasteiger partial charge in [-0.3, -0.25) is 0 Å². The Hall–Kier alpha value is -0.300. The molecule has 1 nitrogen and oxygen atoms in total. The van der Waals surface area contributed by atoms with Gasteiger partial charge in [-0.05, 0) is 37.5 Å². The molecule has 2 fully saturated rings. The van der Waals surface area contributed by atoms with Crippen molar-refractivity contribution in [3.63, 3.8) is 0 Å². The summed E-state index contributed by atoms with van der Waals surface area (Å²) in [7, 11) is 0. The second-order valence-electron chi connectivity index (χ2n) is 5.68. The quantitative estimate of drug-likeness (QED) is 0.715. The topological polar surface area (TPSA) is 26.0 Å². The monoisotopic (exact) mass is 221 g/mol. The van der Waals surface area contributed by atoms with Gasteiger partial charge in [-0.25, -0.2) is 0 Å². The highest BCUT2D eigenvalue weighted by atomic mass is 14.5. The van der Waals surface area contributed by atoms with Crippen molar-refractivity contribution >= 4 is 0 Å². The molecule has 2 aliphatic carbocycles. The Bertz CT molecular complexity index is 220. The molecule has 0 radical (unpaired) electrons. The fraction of sp³-hybridized carbons (Fsp3) is 0.867. The molecule has 0 unspecified atom stereocenters. The molecule has 2 saturated carbocycles. The molecule has 1 heteroatoms. The molecule has 92 valence electrons. The summed E-state index contributed by atoms with van der Waals surface area (Å²) in [5, 5.41) is 0. The molecule has 0 aromatic heterocycles. The fourth-order valence-electron chi connectivity index (χ4n) is 3.45. The van der Waals surface area contributed by atoms with E-state index in [1.54, 1.807) is 5.57 Å². The third-order valence-corrected chi connectivity index (χ3v) is 4.46. The predicted octanol–water partition coefficient (Wildman–Crippen LogP) is 4.03. The average Bonchev–Trinajstić information content (AvgIpc) is 2.38. The first-order valence-corrected chi connectivity index (χ1v) is 7.31. The van der Waals surface area contributed by atoms with Crippen molar-refractivity contribution in [1.82, 2.24) is 0 Å². The summed E-state index contributed by atoms with van der Waals surface area (Å²) in [6, 6.07) is 0. The zero-order chi connectivity index (χ0) is 11.2. The van der Waals surface area contributed by atoms with E-state index in [-0.39, 0.29) is 0 Å². The van der Waals surface area contributed by atoms with Crippen molar-refractivity contribution < 1.29 is 0 Å². The SMILES string of the molecule is NCC(=CC1CCCCC1)C1CCCCC1. The number of allylic oxidation sites excluding steroid dienone is 1. The molecule has 0 atom stereocenters. The molecule has 2 rings (SSSR count). The molecule has 0 heterocycles. The molecule has 0 bridgehead atoms. The first-order chi connectivity index (χ1) is 7.90. The van der Waals surface area contributed by atoms with E-state index in [1.165, 1.54) is 64.2 Å². The van der Waals surface area contributed by atoms with Crippen molar-refractivity contribution in [2.45, 2.75) is 64.2 Å². The third kappa shape index (κ3) is 3.35. The van der Waals surface area contributed by atoms with Crippen LogP contribution in [-0.2, 0) is 0 Å². The maximum Gasteiger partial charge on any atom is 0.0139 e. The molecule has 0 aliphatic heterocycles. The molecule has 0 aromatic carbocycles. The van der Waals surface area contributed by atoms with Crippen LogP contribution < -0.4 is 5.73 Å². The first-order valence-electron chi connectivity index (χ1n) is 7.31. The highest BCUT2D eigenvalue weighted by molar-refractivity contribution is 5.11. The minimum atomic E-state index is 0.807. The molecular weight excluding hydrogens is 194 g/mol. The van der Waals surface area contributed by atoms with Gasteiger partial charge in [0.25, 0.3) is 0 Å². The van der Waals surface area contributed by atoms with Crippen LogP contribution in [-0.4, -0.2) is 6.54 Å². The Morgan fingerprint density at radius 1 is 0.875 bits per heavy atom. The molecule has 0 saturated heterocycles. The largest absolute Gasteiger partial charge is 0.327 e. The Balaban J connectivity index is 1.93. The lowest BCUT2D eigenvalue weighted by Gasteiger charge is -2.26. The number of hydrogen-bond donors (Lipinski definition) is 1. The van der Waals surface area contributed by atoms with E-state index in [1.807, 2.05) is 0 Å². The minimum Gasteiger partial charge on any atom is -0.327 e. The van der Waals surface area contributed by atoms with Crippen LogP contribution in [0.15, 0.2) is 11.6 Å². The number of nitrogens with two attached hydrogens (primary N) is 1. The van der Waals surface area contributed by atoms with Gasteiger partial charge >= 0.3 is 0 Å². The van der Waals surface area contributed by atoms with E-state index in [0.29, 0.717) is 0 Å². The third-order valence-electron chi connectivity index (χ3n) is 4.46. The highest BCUT2D eigenvalue weighted by Crippen LogP contribution is 2.32. The fourth-order valence-corrected chi connectivity index (χ4v) is 3.45. The van der Waals surface area contributed by atoms with Gasteiger partial charge in [0.15, 0.2) is 0 Å². The molecule has 0 amide bonds. The molecule has 16 heavy (non-hydrogen) atoms. The van der Waals surface area contributed by atoms with Crippen LogP contribution in [0.1, 0.15) is 64.2 Å². The Kier molecular flexibility index (Phi) is 4.90. The molecular formula is C15H27N. The van der Waals surface area contributed by atoms with E-state index in [2.05, 4.69) is 6.08 Å². The summed E-state index contributed by atoms with van der Waals surface area (Å²) in [5.41, 5.74) is 7.54. The maximum atomic E-state index is 5.95. The summed E-state index contributed by atoms with van der Waals surface area (Å²) in [4.78, 5) is 0. The Morgan fingerprint density at radius 2 is 1.44 bits per heavy atom. The van der Waals surface area contributed by atoms with Gasteiger partial charge in [-0.2, -0.15) is 0 Å². The zero-order valence-electron chi connectivity index (χ0n) is 10.6. The van der Waals surface area contributed by atoms with Crippen molar-refractivity contribution in [2.75, 3.05) is 6.54 Å². The second kappa shape index (κ2) is 6.44. The second-order valence-corrected chi connectivity index (χ2v) is 5.68. The summed E-state index contributed by atoms with van der Waals surface area (Å²) in [6.45, 7) is 0.807. The molecule has 0 spiro atoms. The minimum absolute atomic E-state index is 0.807. The molecule has 2 aliphatic rings. The normalized spacial score (nSPS) is 25.9.